The summed E-state index contributed by atoms with van der Waals surface area (Å²) in [6.45, 7) is 2.09. The maximum Gasteiger partial charge on any atom is 0.331 e. The minimum Gasteiger partial charge on any atom is -0.464 e. The number of esters is 1. The Hall–Kier alpha value is -4.40. The van der Waals surface area contributed by atoms with Crippen LogP contribution >= 0.6 is 0 Å². The molecule has 0 bridgehead atoms. The van der Waals surface area contributed by atoms with Crippen LogP contribution in [-0.4, -0.2) is 56.7 Å². The van der Waals surface area contributed by atoms with Crippen LogP contribution in [0, 0.1) is 5.41 Å². The molecule has 2 aliphatic carbocycles. The molecule has 0 aliphatic heterocycles. The van der Waals surface area contributed by atoms with Crippen LogP contribution in [0.4, 0.5) is 5.69 Å². The maximum atomic E-state index is 13.0. The molecular weight excluding hydrogens is 516 g/mol. The minimum absolute atomic E-state index is 0.273. The number of ether oxygens (including phenoxy) is 1. The number of nitrogens with zero attached hydrogens (tertiary/aromatic N) is 5. The van der Waals surface area contributed by atoms with Crippen molar-refractivity contribution in [3.05, 3.63) is 66.6 Å². The zero-order valence-electron chi connectivity index (χ0n) is 23.5. The summed E-state index contributed by atoms with van der Waals surface area (Å²) in [4.78, 5) is 44.4. The molecule has 4 aromatic rings. The standard InChI is InChI=1S/C32H34N6O3/c1-3-41-31(40)26(36-27-18-28(39)32(27)13-5-4-6-14-32)16-21-9-11-24(12-10-21)38-29(22-17-23(33-2)20-34-19-22)37-25-8-7-15-35-30(25)38/h7-12,15,17,19-20,26,33H,3-6,13-14,16,18H2,1-2H3/t26-/m0/s1. The number of ketones is 1. The molecule has 9 heteroatoms. The van der Waals surface area contributed by atoms with Crippen LogP contribution in [0.15, 0.2) is 66.0 Å². The molecule has 210 valence electrons. The number of Topliss-reactive ketones (excluding diaryl/α,β-unsaturated/α-hetero) is 1. The third kappa shape index (κ3) is 5.01. The van der Waals surface area contributed by atoms with Crippen molar-refractivity contribution in [2.75, 3.05) is 19.0 Å². The third-order valence-electron chi connectivity index (χ3n) is 8.32. The van der Waals surface area contributed by atoms with E-state index in [1.54, 1.807) is 25.5 Å². The monoisotopic (exact) mass is 550 g/mol. The Morgan fingerprint density at radius 2 is 1.95 bits per heavy atom. The van der Waals surface area contributed by atoms with E-state index in [1.165, 1.54) is 0 Å². The SMILES string of the molecule is CCOC(=O)[C@H](Cc1ccc(-n2c(-c3cncc(NC)c3)nc3cccnc32)cc1)N=C1CC(=O)C12CCCCC2. The highest BCUT2D eigenvalue weighted by molar-refractivity contribution is 6.27. The van der Waals surface area contributed by atoms with E-state index in [4.69, 9.17) is 14.7 Å². The van der Waals surface area contributed by atoms with Crippen molar-refractivity contribution in [1.29, 1.82) is 0 Å². The molecule has 2 fully saturated rings. The molecule has 9 nitrogen and oxygen atoms in total. The highest BCUT2D eigenvalue weighted by Crippen LogP contribution is 2.47. The number of aliphatic imine (C=N–C) groups is 1. The first-order valence-corrected chi connectivity index (χ1v) is 14.4. The van der Waals surface area contributed by atoms with Gasteiger partial charge in [-0.05, 0) is 55.7 Å². The molecule has 41 heavy (non-hydrogen) atoms. The molecule has 0 radical (unpaired) electrons. The lowest BCUT2D eigenvalue weighted by Gasteiger charge is -2.44. The maximum absolute atomic E-state index is 13.0. The molecule has 6 rings (SSSR count). The van der Waals surface area contributed by atoms with Gasteiger partial charge in [0.05, 0.1) is 17.7 Å². The van der Waals surface area contributed by atoms with Gasteiger partial charge in [0.25, 0.3) is 0 Å². The number of aromatic nitrogens is 4. The average molecular weight is 551 g/mol. The summed E-state index contributed by atoms with van der Waals surface area (Å²) in [6.07, 6.45) is 11.0. The first-order chi connectivity index (χ1) is 20.0. The number of anilines is 1. The highest BCUT2D eigenvalue weighted by Gasteiger charge is 2.52. The highest BCUT2D eigenvalue weighted by atomic mass is 16.5. The number of hydrogen-bond donors (Lipinski definition) is 1. The largest absolute Gasteiger partial charge is 0.464 e. The van der Waals surface area contributed by atoms with Crippen LogP contribution < -0.4 is 5.32 Å². The van der Waals surface area contributed by atoms with Crippen LogP contribution in [0.25, 0.3) is 28.2 Å². The number of imidazole rings is 1. The Morgan fingerprint density at radius 3 is 2.68 bits per heavy atom. The van der Waals surface area contributed by atoms with Gasteiger partial charge in [-0.25, -0.2) is 14.8 Å². The number of carbonyl (C=O) groups is 2. The van der Waals surface area contributed by atoms with Gasteiger partial charge in [-0.1, -0.05) is 31.4 Å². The first kappa shape index (κ1) is 26.8. The zero-order chi connectivity index (χ0) is 28.4. The Bertz CT molecular complexity index is 1620. The van der Waals surface area contributed by atoms with E-state index >= 15 is 0 Å². The molecule has 3 heterocycles. The topological polar surface area (TPSA) is 111 Å². The summed E-state index contributed by atoms with van der Waals surface area (Å²) in [5.41, 5.74) is 5.57. The molecule has 1 aromatic carbocycles. The molecule has 0 saturated heterocycles. The molecule has 3 aromatic heterocycles. The van der Waals surface area contributed by atoms with E-state index in [-0.39, 0.29) is 18.4 Å². The molecule has 1 N–H and O–H groups in total. The van der Waals surface area contributed by atoms with Crippen LogP contribution in [0.1, 0.15) is 51.0 Å². The number of nitrogens with one attached hydrogen (secondary N) is 1. The lowest BCUT2D eigenvalue weighted by molar-refractivity contribution is -0.144. The predicted octanol–water partition coefficient (Wildman–Crippen LogP) is 5.36. The second-order valence-corrected chi connectivity index (χ2v) is 10.8. The van der Waals surface area contributed by atoms with Crippen LogP contribution in [0.5, 0.6) is 0 Å². The van der Waals surface area contributed by atoms with E-state index in [1.807, 2.05) is 54.1 Å². The van der Waals surface area contributed by atoms with Crippen molar-refractivity contribution in [2.24, 2.45) is 10.4 Å². The summed E-state index contributed by atoms with van der Waals surface area (Å²) < 4.78 is 7.42. The Morgan fingerprint density at radius 1 is 1.15 bits per heavy atom. The number of benzene rings is 1. The van der Waals surface area contributed by atoms with E-state index in [0.717, 1.165) is 77.3 Å². The first-order valence-electron chi connectivity index (χ1n) is 14.4. The Balaban J connectivity index is 1.32. The van der Waals surface area contributed by atoms with Gasteiger partial charge in [0.15, 0.2) is 11.7 Å². The molecular formula is C32H34N6O3. The lowest BCUT2D eigenvalue weighted by Crippen LogP contribution is -2.52. The quantitative estimate of drug-likeness (QED) is 0.294. The van der Waals surface area contributed by atoms with Gasteiger partial charge >= 0.3 is 5.97 Å². The van der Waals surface area contributed by atoms with Crippen molar-refractivity contribution < 1.29 is 14.3 Å². The summed E-state index contributed by atoms with van der Waals surface area (Å²) in [7, 11) is 1.86. The van der Waals surface area contributed by atoms with Crippen molar-refractivity contribution in [3.8, 4) is 17.1 Å². The van der Waals surface area contributed by atoms with Crippen LogP contribution in [0.2, 0.25) is 0 Å². The Labute approximate surface area is 239 Å². The summed E-state index contributed by atoms with van der Waals surface area (Å²) in [6, 6.07) is 13.2. The lowest BCUT2D eigenvalue weighted by atomic mass is 9.58. The average Bonchev–Trinajstić information content (AvgIpc) is 3.41. The van der Waals surface area contributed by atoms with Gasteiger partial charge in [-0.15, -0.1) is 0 Å². The van der Waals surface area contributed by atoms with Gasteiger partial charge in [-0.3, -0.25) is 19.3 Å². The van der Waals surface area contributed by atoms with Gasteiger partial charge in [0, 0.05) is 55.4 Å². The zero-order valence-corrected chi connectivity index (χ0v) is 23.5. The molecule has 0 amide bonds. The minimum atomic E-state index is -0.677. The molecule has 0 unspecified atom stereocenters. The molecule has 1 spiro atoms. The van der Waals surface area contributed by atoms with E-state index < -0.39 is 11.5 Å². The molecule has 2 aliphatic rings. The van der Waals surface area contributed by atoms with E-state index in [0.29, 0.717) is 12.8 Å². The summed E-state index contributed by atoms with van der Waals surface area (Å²) in [5.74, 6) is 0.660. The number of pyridine rings is 2. The smallest absolute Gasteiger partial charge is 0.331 e. The van der Waals surface area contributed by atoms with Gasteiger partial charge in [0.2, 0.25) is 0 Å². The fraction of sp³-hybridized carbons (Fsp3) is 0.375. The summed E-state index contributed by atoms with van der Waals surface area (Å²) in [5, 5.41) is 3.13. The van der Waals surface area contributed by atoms with Crippen molar-refractivity contribution in [2.45, 2.75) is 57.9 Å². The van der Waals surface area contributed by atoms with E-state index in [2.05, 4.69) is 15.3 Å². The van der Waals surface area contributed by atoms with Crippen molar-refractivity contribution in [3.63, 3.8) is 0 Å². The summed E-state index contributed by atoms with van der Waals surface area (Å²) >= 11 is 0. The third-order valence-corrected chi connectivity index (χ3v) is 8.32. The Kier molecular flexibility index (Phi) is 7.34. The normalized spacial score (nSPS) is 17.9. The van der Waals surface area contributed by atoms with Crippen molar-refractivity contribution in [1.82, 2.24) is 19.5 Å². The van der Waals surface area contributed by atoms with E-state index in [9.17, 15) is 9.59 Å². The van der Waals surface area contributed by atoms with Gasteiger partial charge in [0.1, 0.15) is 17.1 Å². The van der Waals surface area contributed by atoms with Gasteiger partial charge < -0.3 is 10.1 Å². The van der Waals surface area contributed by atoms with Gasteiger partial charge in [-0.2, -0.15) is 0 Å². The van der Waals surface area contributed by atoms with Crippen LogP contribution in [-0.2, 0) is 20.7 Å². The number of rotatable bonds is 8. The predicted molar refractivity (Wildman–Crippen MR) is 158 cm³/mol. The second-order valence-electron chi connectivity index (χ2n) is 10.8. The fourth-order valence-corrected chi connectivity index (χ4v) is 6.10. The molecule has 1 atom stereocenters. The number of fused-ring (bicyclic) bond motifs is 1. The fourth-order valence-electron chi connectivity index (χ4n) is 6.10. The second kappa shape index (κ2) is 11.2. The number of carbonyl (C=O) groups excluding carboxylic acids is 2. The molecule has 2 saturated carbocycles. The van der Waals surface area contributed by atoms with Crippen LogP contribution in [0.3, 0.4) is 0 Å². The van der Waals surface area contributed by atoms with Crippen molar-refractivity contribution >= 4 is 34.3 Å². The number of hydrogen-bond acceptors (Lipinski definition) is 8.